The van der Waals surface area contributed by atoms with Crippen LogP contribution in [0, 0.1) is 16.0 Å². The van der Waals surface area contributed by atoms with Crippen molar-refractivity contribution in [1.82, 2.24) is 0 Å². The highest BCUT2D eigenvalue weighted by Crippen LogP contribution is 2.32. The lowest BCUT2D eigenvalue weighted by atomic mass is 9.87. The van der Waals surface area contributed by atoms with Crippen molar-refractivity contribution < 1.29 is 9.66 Å². The zero-order chi connectivity index (χ0) is 13.8. The second-order valence-electron chi connectivity index (χ2n) is 5.25. The maximum atomic E-state index is 10.7. The summed E-state index contributed by atoms with van der Waals surface area (Å²) in [7, 11) is 1.54. The monoisotopic (exact) mass is 264 g/mol. The number of benzene rings is 1. The minimum atomic E-state index is -0.408. The topological polar surface area (TPSA) is 64.4 Å². The minimum absolute atomic E-state index is 0.0550. The van der Waals surface area contributed by atoms with Crippen molar-refractivity contribution in [1.29, 1.82) is 0 Å². The quantitative estimate of drug-likeness (QED) is 0.666. The lowest BCUT2D eigenvalue weighted by molar-refractivity contribution is -0.384. The molecule has 2 rings (SSSR count). The van der Waals surface area contributed by atoms with Crippen molar-refractivity contribution in [2.24, 2.45) is 5.92 Å². The van der Waals surface area contributed by atoms with Crippen LogP contribution in [0.2, 0.25) is 0 Å². The number of nitro groups is 1. The number of hydrogen-bond donors (Lipinski definition) is 1. The van der Waals surface area contributed by atoms with Crippen LogP contribution in [0.5, 0.6) is 5.75 Å². The van der Waals surface area contributed by atoms with Crippen molar-refractivity contribution in [2.75, 3.05) is 12.4 Å². The van der Waals surface area contributed by atoms with Gasteiger partial charge in [0, 0.05) is 12.1 Å². The van der Waals surface area contributed by atoms with Gasteiger partial charge in [0.25, 0.3) is 5.69 Å². The molecule has 19 heavy (non-hydrogen) atoms. The first-order chi connectivity index (χ1) is 9.10. The zero-order valence-corrected chi connectivity index (χ0v) is 11.4. The van der Waals surface area contributed by atoms with Gasteiger partial charge in [-0.05, 0) is 24.8 Å². The third-order valence-corrected chi connectivity index (χ3v) is 3.69. The fraction of sp³-hybridized carbons (Fsp3) is 0.571. The molecule has 1 fully saturated rings. The third-order valence-electron chi connectivity index (χ3n) is 3.69. The Balaban J connectivity index is 2.13. The molecular weight excluding hydrogens is 244 g/mol. The van der Waals surface area contributed by atoms with Crippen molar-refractivity contribution >= 4 is 11.4 Å². The van der Waals surface area contributed by atoms with Gasteiger partial charge in [-0.15, -0.1) is 0 Å². The van der Waals surface area contributed by atoms with E-state index in [0.717, 1.165) is 24.4 Å². The summed E-state index contributed by atoms with van der Waals surface area (Å²) in [6, 6.07) is 5.14. The highest BCUT2D eigenvalue weighted by molar-refractivity contribution is 5.61. The molecule has 1 aliphatic carbocycles. The van der Waals surface area contributed by atoms with Crippen LogP contribution in [0.4, 0.5) is 11.4 Å². The Morgan fingerprint density at radius 3 is 2.84 bits per heavy atom. The first kappa shape index (κ1) is 13.6. The number of hydrogen-bond acceptors (Lipinski definition) is 4. The number of nitrogens with one attached hydrogen (secondary N) is 1. The number of anilines is 1. The maximum absolute atomic E-state index is 10.7. The Bertz CT molecular complexity index is 462. The molecule has 0 heterocycles. The average Bonchev–Trinajstić information content (AvgIpc) is 2.39. The van der Waals surface area contributed by atoms with Crippen LogP contribution in [-0.2, 0) is 0 Å². The molecule has 2 atom stereocenters. The molecule has 0 saturated heterocycles. The number of nitro benzene ring substituents is 1. The maximum Gasteiger partial charge on any atom is 0.273 e. The largest absolute Gasteiger partial charge is 0.494 e. The van der Waals surface area contributed by atoms with E-state index in [2.05, 4.69) is 12.2 Å². The third kappa shape index (κ3) is 3.36. The van der Waals surface area contributed by atoms with E-state index in [-0.39, 0.29) is 5.69 Å². The molecule has 0 aliphatic heterocycles. The van der Waals surface area contributed by atoms with Crippen molar-refractivity contribution in [3.8, 4) is 5.75 Å². The number of ether oxygens (including phenoxy) is 1. The fourth-order valence-corrected chi connectivity index (χ4v) is 2.70. The summed E-state index contributed by atoms with van der Waals surface area (Å²) in [5.74, 6) is 1.27. The van der Waals surface area contributed by atoms with Crippen molar-refractivity contribution in [3.63, 3.8) is 0 Å². The van der Waals surface area contributed by atoms with Gasteiger partial charge in [0.1, 0.15) is 5.75 Å². The molecule has 1 saturated carbocycles. The average molecular weight is 264 g/mol. The van der Waals surface area contributed by atoms with Crippen LogP contribution in [0.1, 0.15) is 32.6 Å². The number of nitrogens with zero attached hydrogens (tertiary/aromatic N) is 1. The van der Waals surface area contributed by atoms with E-state index in [1.54, 1.807) is 6.07 Å². The summed E-state index contributed by atoms with van der Waals surface area (Å²) in [6.07, 6.45) is 4.80. The zero-order valence-electron chi connectivity index (χ0n) is 11.4. The minimum Gasteiger partial charge on any atom is -0.494 e. The summed E-state index contributed by atoms with van der Waals surface area (Å²) in [6.45, 7) is 2.26. The first-order valence-electron chi connectivity index (χ1n) is 6.69. The van der Waals surface area contributed by atoms with Crippen molar-refractivity contribution in [2.45, 2.75) is 38.6 Å². The summed E-state index contributed by atoms with van der Waals surface area (Å²) in [5.41, 5.74) is 0.895. The normalized spacial score (nSPS) is 22.8. The molecule has 1 aromatic rings. The van der Waals surface area contributed by atoms with Crippen LogP contribution in [0.3, 0.4) is 0 Å². The molecule has 0 spiro atoms. The van der Waals surface area contributed by atoms with Gasteiger partial charge >= 0.3 is 0 Å². The molecule has 0 bridgehead atoms. The van der Waals surface area contributed by atoms with Gasteiger partial charge in [0.15, 0.2) is 0 Å². The molecule has 2 unspecified atom stereocenters. The summed E-state index contributed by atoms with van der Waals surface area (Å²) in [5, 5.41) is 14.2. The van der Waals surface area contributed by atoms with E-state index in [1.165, 1.54) is 32.1 Å². The van der Waals surface area contributed by atoms with Crippen molar-refractivity contribution in [3.05, 3.63) is 28.3 Å². The number of non-ortho nitro benzene ring substituents is 1. The molecule has 1 aliphatic rings. The van der Waals surface area contributed by atoms with Crippen LogP contribution in [0.15, 0.2) is 18.2 Å². The van der Waals surface area contributed by atoms with Crippen LogP contribution in [-0.4, -0.2) is 18.1 Å². The molecule has 0 aromatic heterocycles. The van der Waals surface area contributed by atoms with Crippen LogP contribution < -0.4 is 10.1 Å². The smallest absolute Gasteiger partial charge is 0.273 e. The van der Waals surface area contributed by atoms with Gasteiger partial charge in [-0.1, -0.05) is 19.8 Å². The van der Waals surface area contributed by atoms with Gasteiger partial charge in [-0.2, -0.15) is 0 Å². The Kier molecular flexibility index (Phi) is 4.24. The highest BCUT2D eigenvalue weighted by Gasteiger charge is 2.20. The van der Waals surface area contributed by atoms with E-state index in [4.69, 9.17) is 4.74 Å². The SMILES string of the molecule is COc1cc([N+](=O)[O-])ccc1NC1CCCC(C)C1. The van der Waals surface area contributed by atoms with E-state index < -0.39 is 4.92 Å². The highest BCUT2D eigenvalue weighted by atomic mass is 16.6. The molecule has 0 amide bonds. The molecule has 0 radical (unpaired) electrons. The van der Waals surface area contributed by atoms with Gasteiger partial charge in [-0.3, -0.25) is 10.1 Å². The molecule has 1 aromatic carbocycles. The lowest BCUT2D eigenvalue weighted by Crippen LogP contribution is -2.26. The van der Waals surface area contributed by atoms with Gasteiger partial charge in [-0.25, -0.2) is 0 Å². The lowest BCUT2D eigenvalue weighted by Gasteiger charge is -2.28. The van der Waals surface area contributed by atoms with E-state index in [9.17, 15) is 10.1 Å². The predicted octanol–water partition coefficient (Wildman–Crippen LogP) is 3.59. The number of rotatable bonds is 4. The molecule has 5 nitrogen and oxygen atoms in total. The van der Waals surface area contributed by atoms with Crippen LogP contribution in [0.25, 0.3) is 0 Å². The van der Waals surface area contributed by atoms with Crippen LogP contribution >= 0.6 is 0 Å². The van der Waals surface area contributed by atoms with Gasteiger partial charge in [0.2, 0.25) is 0 Å². The Labute approximate surface area is 113 Å². The summed E-state index contributed by atoms with van der Waals surface area (Å²) < 4.78 is 5.24. The summed E-state index contributed by atoms with van der Waals surface area (Å²) >= 11 is 0. The second kappa shape index (κ2) is 5.91. The summed E-state index contributed by atoms with van der Waals surface area (Å²) in [4.78, 5) is 10.3. The molecule has 5 heteroatoms. The molecule has 104 valence electrons. The standard InChI is InChI=1S/C14H20N2O3/c1-10-4-3-5-11(8-10)15-13-7-6-12(16(17)18)9-14(13)19-2/h6-7,9-11,15H,3-5,8H2,1-2H3. The Hall–Kier alpha value is -1.78. The van der Waals surface area contributed by atoms with E-state index in [1.807, 2.05) is 0 Å². The predicted molar refractivity (Wildman–Crippen MR) is 74.7 cm³/mol. The first-order valence-corrected chi connectivity index (χ1v) is 6.69. The second-order valence-corrected chi connectivity index (χ2v) is 5.25. The molecular formula is C14H20N2O3. The van der Waals surface area contributed by atoms with E-state index in [0.29, 0.717) is 11.8 Å². The number of methoxy groups -OCH3 is 1. The molecule has 1 N–H and O–H groups in total. The Morgan fingerprint density at radius 1 is 1.42 bits per heavy atom. The Morgan fingerprint density at radius 2 is 2.21 bits per heavy atom. The van der Waals surface area contributed by atoms with Gasteiger partial charge in [0.05, 0.1) is 23.8 Å². The van der Waals surface area contributed by atoms with E-state index >= 15 is 0 Å². The fourth-order valence-electron chi connectivity index (χ4n) is 2.70. The van der Waals surface area contributed by atoms with Gasteiger partial charge < -0.3 is 10.1 Å².